The second-order valence-electron chi connectivity index (χ2n) is 12.0. The van der Waals surface area contributed by atoms with Crippen LogP contribution < -0.4 is 4.57 Å². The van der Waals surface area contributed by atoms with Crippen LogP contribution in [-0.2, 0) is 6.42 Å². The molecule has 2 atom stereocenters. The monoisotopic (exact) mass is 523 g/mol. The zero-order valence-electron chi connectivity index (χ0n) is 25.5. The summed E-state index contributed by atoms with van der Waals surface area (Å²) in [5, 5.41) is 0. The van der Waals surface area contributed by atoms with E-state index >= 15 is 0 Å². The molecule has 0 aliphatic heterocycles. The van der Waals surface area contributed by atoms with E-state index in [1.165, 1.54) is 153 Å². The molecule has 2 aromatic rings. The Kier molecular flexibility index (Phi) is 20.0. The molecule has 0 amide bonds. The van der Waals surface area contributed by atoms with Gasteiger partial charge in [-0.1, -0.05) is 166 Å². The van der Waals surface area contributed by atoms with E-state index in [2.05, 4.69) is 72.5 Å². The van der Waals surface area contributed by atoms with Gasteiger partial charge in [-0.05, 0) is 31.2 Å². The van der Waals surface area contributed by atoms with Crippen LogP contribution in [0.25, 0.3) is 0 Å². The first kappa shape index (κ1) is 32.6. The molecule has 38 heavy (non-hydrogen) atoms. The smallest absolute Gasteiger partial charge is 0.241 e. The van der Waals surface area contributed by atoms with Crippen LogP contribution in [0.5, 0.6) is 0 Å². The SMILES string of the molecule is CCCCCCCCCCCCCCCCCCCC(Cc1ccccc1)C(CCCCC)[n+]1cc[nH]c1. The van der Waals surface area contributed by atoms with Crippen molar-refractivity contribution >= 4 is 0 Å². The summed E-state index contributed by atoms with van der Waals surface area (Å²) in [5.41, 5.74) is 1.50. The quantitative estimate of drug-likeness (QED) is 0.0934. The van der Waals surface area contributed by atoms with Gasteiger partial charge in [0.1, 0.15) is 18.4 Å². The highest BCUT2D eigenvalue weighted by Crippen LogP contribution is 2.29. The molecule has 2 heteroatoms. The second kappa shape index (κ2) is 23.3. The van der Waals surface area contributed by atoms with Crippen LogP contribution in [0.2, 0.25) is 0 Å². The molecule has 1 aromatic heterocycles. The van der Waals surface area contributed by atoms with Crippen LogP contribution in [0.3, 0.4) is 0 Å². The van der Waals surface area contributed by atoms with Gasteiger partial charge in [0.25, 0.3) is 0 Å². The van der Waals surface area contributed by atoms with Crippen molar-refractivity contribution in [2.75, 3.05) is 0 Å². The maximum atomic E-state index is 3.31. The molecule has 2 nitrogen and oxygen atoms in total. The lowest BCUT2D eigenvalue weighted by Gasteiger charge is -2.25. The zero-order chi connectivity index (χ0) is 26.9. The number of hydrogen-bond donors (Lipinski definition) is 1. The number of aromatic amines is 1. The molecule has 0 saturated carbocycles. The van der Waals surface area contributed by atoms with Crippen molar-refractivity contribution in [1.82, 2.24) is 4.98 Å². The summed E-state index contributed by atoms with van der Waals surface area (Å²) in [6.07, 6.45) is 38.9. The average molecular weight is 524 g/mol. The highest BCUT2D eigenvalue weighted by molar-refractivity contribution is 5.15. The number of rotatable bonds is 26. The van der Waals surface area contributed by atoms with Crippen molar-refractivity contribution in [2.24, 2.45) is 5.92 Å². The maximum absolute atomic E-state index is 3.31. The second-order valence-corrected chi connectivity index (χ2v) is 12.0. The molecule has 2 unspecified atom stereocenters. The van der Waals surface area contributed by atoms with Gasteiger partial charge in [-0.2, -0.15) is 0 Å². The first-order chi connectivity index (χ1) is 18.8. The minimum Gasteiger partial charge on any atom is -0.250 e. The fourth-order valence-corrected chi connectivity index (χ4v) is 6.22. The molecule has 2 rings (SSSR count). The summed E-state index contributed by atoms with van der Waals surface area (Å²) in [6.45, 7) is 4.62. The normalized spacial score (nSPS) is 13.1. The van der Waals surface area contributed by atoms with E-state index in [1.807, 2.05) is 0 Å². The van der Waals surface area contributed by atoms with E-state index in [9.17, 15) is 0 Å². The number of unbranched alkanes of at least 4 members (excludes halogenated alkanes) is 18. The van der Waals surface area contributed by atoms with Crippen LogP contribution in [0.4, 0.5) is 0 Å². The summed E-state index contributed by atoms with van der Waals surface area (Å²) in [7, 11) is 0. The Balaban J connectivity index is 1.59. The lowest BCUT2D eigenvalue weighted by molar-refractivity contribution is -0.730. The van der Waals surface area contributed by atoms with E-state index in [4.69, 9.17) is 0 Å². The van der Waals surface area contributed by atoms with Gasteiger partial charge < -0.3 is 0 Å². The van der Waals surface area contributed by atoms with Crippen molar-refractivity contribution in [2.45, 2.75) is 168 Å². The molecule has 1 N–H and O–H groups in total. The molecule has 216 valence electrons. The number of imidazole rings is 1. The number of nitrogens with zero attached hydrogens (tertiary/aromatic N) is 1. The summed E-state index contributed by atoms with van der Waals surface area (Å²) in [4.78, 5) is 3.31. The van der Waals surface area contributed by atoms with Crippen molar-refractivity contribution in [1.29, 1.82) is 0 Å². The Bertz CT molecular complexity index is 723. The van der Waals surface area contributed by atoms with E-state index in [0.717, 1.165) is 0 Å². The maximum Gasteiger partial charge on any atom is 0.241 e. The van der Waals surface area contributed by atoms with Gasteiger partial charge in [0.2, 0.25) is 6.33 Å². The molecule has 0 radical (unpaired) electrons. The van der Waals surface area contributed by atoms with Crippen molar-refractivity contribution in [3.05, 3.63) is 54.6 Å². The molecule has 0 spiro atoms. The molecule has 0 bridgehead atoms. The third-order valence-corrected chi connectivity index (χ3v) is 8.62. The van der Waals surface area contributed by atoms with Crippen molar-refractivity contribution < 1.29 is 4.57 Å². The predicted molar refractivity (Wildman–Crippen MR) is 167 cm³/mol. The Morgan fingerprint density at radius 3 is 1.55 bits per heavy atom. The first-order valence-electron chi connectivity index (χ1n) is 16.9. The van der Waals surface area contributed by atoms with Gasteiger partial charge in [0.15, 0.2) is 0 Å². The molecule has 0 aliphatic rings. The first-order valence-corrected chi connectivity index (χ1v) is 16.9. The highest BCUT2D eigenvalue weighted by Gasteiger charge is 2.26. The number of aromatic nitrogens is 2. The van der Waals surface area contributed by atoms with Crippen LogP contribution in [-0.4, -0.2) is 4.98 Å². The number of hydrogen-bond acceptors (Lipinski definition) is 0. The molecule has 0 saturated heterocycles. The van der Waals surface area contributed by atoms with Gasteiger partial charge >= 0.3 is 0 Å². The molecule has 0 aliphatic carbocycles. The Morgan fingerprint density at radius 1 is 0.579 bits per heavy atom. The zero-order valence-corrected chi connectivity index (χ0v) is 25.5. The summed E-state index contributed by atoms with van der Waals surface area (Å²) in [5.74, 6) is 0.714. The predicted octanol–water partition coefficient (Wildman–Crippen LogP) is 11.3. The molecule has 1 heterocycles. The number of benzene rings is 1. The van der Waals surface area contributed by atoms with Gasteiger partial charge in [0.05, 0.1) is 0 Å². The Labute approximate surface area is 237 Å². The third-order valence-electron chi connectivity index (χ3n) is 8.62. The fraction of sp³-hybridized carbons (Fsp3) is 0.750. The fourth-order valence-electron chi connectivity index (χ4n) is 6.22. The molecule has 0 fully saturated rings. The van der Waals surface area contributed by atoms with Gasteiger partial charge in [-0.3, -0.25) is 4.98 Å². The van der Waals surface area contributed by atoms with Crippen LogP contribution in [0, 0.1) is 5.92 Å². The van der Waals surface area contributed by atoms with Gasteiger partial charge in [-0.25, -0.2) is 4.57 Å². The third kappa shape index (κ3) is 15.7. The number of nitrogens with one attached hydrogen (secondary N) is 1. The summed E-state index contributed by atoms with van der Waals surface area (Å²) in [6, 6.07) is 11.8. The van der Waals surface area contributed by atoms with E-state index < -0.39 is 0 Å². The average Bonchev–Trinajstić information content (AvgIpc) is 3.48. The lowest BCUT2D eigenvalue weighted by Crippen LogP contribution is -2.42. The van der Waals surface area contributed by atoms with E-state index in [-0.39, 0.29) is 0 Å². The molecule has 1 aromatic carbocycles. The highest BCUT2D eigenvalue weighted by atomic mass is 15.1. The summed E-state index contributed by atoms with van der Waals surface area (Å²) < 4.78 is 2.47. The van der Waals surface area contributed by atoms with E-state index in [1.54, 1.807) is 0 Å². The van der Waals surface area contributed by atoms with Crippen molar-refractivity contribution in [3.8, 4) is 0 Å². The summed E-state index contributed by atoms with van der Waals surface area (Å²) >= 11 is 0. The van der Waals surface area contributed by atoms with Gasteiger partial charge in [-0.15, -0.1) is 0 Å². The Hall–Kier alpha value is -1.57. The molecular formula is C36H63N2+. The topological polar surface area (TPSA) is 19.7 Å². The standard InChI is InChI=1S/C36H62N2/c1-3-5-7-8-9-10-11-12-13-14-15-16-17-18-19-20-25-28-35(32-34-26-23-21-24-27-34)36(29-22-6-4-2)38-31-30-37-33-38/h21,23-24,26-27,30-31,33,35-36H,3-20,22,25,28-29,32H2,1-2H3/p+1. The largest absolute Gasteiger partial charge is 0.250 e. The van der Waals surface area contributed by atoms with Crippen LogP contribution in [0.15, 0.2) is 49.1 Å². The lowest BCUT2D eigenvalue weighted by atomic mass is 9.84. The van der Waals surface area contributed by atoms with E-state index in [0.29, 0.717) is 12.0 Å². The van der Waals surface area contributed by atoms with Crippen LogP contribution >= 0.6 is 0 Å². The minimum absolute atomic E-state index is 0.606. The van der Waals surface area contributed by atoms with Crippen molar-refractivity contribution in [3.63, 3.8) is 0 Å². The molecular weight excluding hydrogens is 460 g/mol. The Morgan fingerprint density at radius 2 is 1.05 bits per heavy atom. The number of H-pyrrole nitrogens is 1. The minimum atomic E-state index is 0.606. The van der Waals surface area contributed by atoms with Gasteiger partial charge in [0, 0.05) is 5.92 Å². The van der Waals surface area contributed by atoms with Crippen LogP contribution in [0.1, 0.15) is 167 Å².